The van der Waals surface area contributed by atoms with Crippen LogP contribution in [-0.2, 0) is 9.47 Å². The van der Waals surface area contributed by atoms with E-state index in [9.17, 15) is 9.50 Å². The molecule has 1 aromatic carbocycles. The molecule has 146 valence electrons. The molecule has 27 heavy (non-hydrogen) atoms. The van der Waals surface area contributed by atoms with Crippen LogP contribution in [0.25, 0.3) is 0 Å². The minimum Gasteiger partial charge on any atom is -0.405 e. The SMILES string of the molecule is CCN=C(Br)C(=CN)C(O)C(C=CN)=Nc1ccc(F)cc1C1OCCO1. The van der Waals surface area contributed by atoms with Crippen LogP contribution in [0.2, 0.25) is 0 Å². The van der Waals surface area contributed by atoms with Gasteiger partial charge in [-0.2, -0.15) is 0 Å². The summed E-state index contributed by atoms with van der Waals surface area (Å²) in [6, 6.07) is 4.04. The Bertz CT molecular complexity index is 774. The standard InChI is InChI=1S/C18H22BrFN4O3/c1-2-23-17(19)13(10-22)16(25)15(5-6-21)24-14-4-3-11(20)9-12(14)18-26-7-8-27-18/h3-6,9-10,16,18,25H,2,7-8,21-22H2,1H3. The van der Waals surface area contributed by atoms with E-state index >= 15 is 0 Å². The van der Waals surface area contributed by atoms with E-state index in [4.69, 9.17) is 20.9 Å². The lowest BCUT2D eigenvalue weighted by molar-refractivity contribution is -0.0438. The average molecular weight is 441 g/mol. The third-order valence-corrected chi connectivity index (χ3v) is 4.38. The molecule has 2 rings (SSSR count). The van der Waals surface area contributed by atoms with Crippen LogP contribution >= 0.6 is 15.9 Å². The predicted octanol–water partition coefficient (Wildman–Crippen LogP) is 2.43. The molecule has 0 spiro atoms. The second-order valence-electron chi connectivity index (χ2n) is 5.46. The fourth-order valence-corrected chi connectivity index (χ4v) is 3.04. The Morgan fingerprint density at radius 1 is 1.41 bits per heavy atom. The van der Waals surface area contributed by atoms with E-state index < -0.39 is 18.2 Å². The van der Waals surface area contributed by atoms with Gasteiger partial charge in [-0.25, -0.2) is 9.38 Å². The summed E-state index contributed by atoms with van der Waals surface area (Å²) in [5, 5.41) is 10.7. The van der Waals surface area contributed by atoms with Crippen molar-refractivity contribution in [1.82, 2.24) is 0 Å². The van der Waals surface area contributed by atoms with Gasteiger partial charge in [-0.1, -0.05) is 0 Å². The first-order chi connectivity index (χ1) is 13.0. The van der Waals surface area contributed by atoms with Crippen molar-refractivity contribution in [1.29, 1.82) is 0 Å². The van der Waals surface area contributed by atoms with Gasteiger partial charge in [0.25, 0.3) is 0 Å². The molecule has 1 aliphatic heterocycles. The Balaban J connectivity index is 2.47. The quantitative estimate of drug-likeness (QED) is 0.563. The van der Waals surface area contributed by atoms with Gasteiger partial charge < -0.3 is 26.0 Å². The van der Waals surface area contributed by atoms with Gasteiger partial charge in [0.05, 0.1) is 24.6 Å². The molecule has 0 aliphatic carbocycles. The first kappa shape index (κ1) is 21.2. The van der Waals surface area contributed by atoms with Crippen LogP contribution in [0.15, 0.2) is 52.2 Å². The molecule has 0 radical (unpaired) electrons. The number of nitrogens with two attached hydrogens (primary N) is 2. The van der Waals surface area contributed by atoms with Crippen molar-refractivity contribution in [3.05, 3.63) is 53.6 Å². The number of nitrogens with zero attached hydrogens (tertiary/aromatic N) is 2. The second-order valence-corrected chi connectivity index (χ2v) is 6.21. The van der Waals surface area contributed by atoms with Crippen molar-refractivity contribution in [2.75, 3.05) is 19.8 Å². The molecular formula is C18H22BrFN4O3. The van der Waals surface area contributed by atoms with Crippen LogP contribution in [0.3, 0.4) is 0 Å². The summed E-state index contributed by atoms with van der Waals surface area (Å²) in [6.45, 7) is 3.16. The molecule has 1 fully saturated rings. The zero-order valence-corrected chi connectivity index (χ0v) is 16.4. The number of halogens is 2. The largest absolute Gasteiger partial charge is 0.405 e. The van der Waals surface area contributed by atoms with E-state index in [1.54, 1.807) is 0 Å². The molecule has 1 aromatic rings. The summed E-state index contributed by atoms with van der Waals surface area (Å²) in [4.78, 5) is 8.63. The highest BCUT2D eigenvalue weighted by Gasteiger charge is 2.24. The molecule has 1 saturated heterocycles. The van der Waals surface area contributed by atoms with Crippen molar-refractivity contribution in [3.8, 4) is 0 Å². The Kier molecular flexibility index (Phi) is 8.11. The van der Waals surface area contributed by atoms with Crippen LogP contribution in [0, 0.1) is 5.82 Å². The van der Waals surface area contributed by atoms with Crippen molar-refractivity contribution in [2.45, 2.75) is 19.3 Å². The zero-order chi connectivity index (χ0) is 19.8. The average Bonchev–Trinajstić information content (AvgIpc) is 3.18. The Hall–Kier alpha value is -2.07. The first-order valence-corrected chi connectivity index (χ1v) is 9.10. The van der Waals surface area contributed by atoms with Crippen LogP contribution in [-0.4, -0.2) is 41.3 Å². The van der Waals surface area contributed by atoms with Gasteiger partial charge in [0.15, 0.2) is 6.29 Å². The fourth-order valence-electron chi connectivity index (χ4n) is 2.44. The summed E-state index contributed by atoms with van der Waals surface area (Å²) >= 11 is 3.29. The molecule has 1 aliphatic rings. The number of aliphatic hydroxyl groups excluding tert-OH is 1. The minimum absolute atomic E-state index is 0.198. The van der Waals surface area contributed by atoms with E-state index in [0.29, 0.717) is 41.2 Å². The molecule has 7 nitrogen and oxygen atoms in total. The summed E-state index contributed by atoms with van der Waals surface area (Å²) < 4.78 is 25.0. The van der Waals surface area contributed by atoms with Gasteiger partial charge in [0.2, 0.25) is 0 Å². The van der Waals surface area contributed by atoms with E-state index in [0.717, 1.165) is 0 Å². The zero-order valence-electron chi connectivity index (χ0n) is 14.8. The highest BCUT2D eigenvalue weighted by Crippen LogP contribution is 2.32. The highest BCUT2D eigenvalue weighted by atomic mass is 79.9. The molecule has 1 atom stereocenters. The Morgan fingerprint density at radius 2 is 2.11 bits per heavy atom. The van der Waals surface area contributed by atoms with Crippen LogP contribution < -0.4 is 11.5 Å². The molecular weight excluding hydrogens is 419 g/mol. The summed E-state index contributed by atoms with van der Waals surface area (Å²) in [6.07, 6.45) is 1.99. The van der Waals surface area contributed by atoms with E-state index in [-0.39, 0.29) is 5.71 Å². The number of hydrogen-bond acceptors (Lipinski definition) is 7. The Labute approximate surface area is 165 Å². The van der Waals surface area contributed by atoms with Crippen molar-refractivity contribution >= 4 is 31.9 Å². The smallest absolute Gasteiger partial charge is 0.186 e. The Morgan fingerprint density at radius 3 is 2.70 bits per heavy atom. The number of rotatable bonds is 7. The van der Waals surface area contributed by atoms with E-state index in [1.165, 1.54) is 36.7 Å². The van der Waals surface area contributed by atoms with Crippen LogP contribution in [0.1, 0.15) is 18.8 Å². The molecule has 0 amide bonds. The monoisotopic (exact) mass is 440 g/mol. The number of ether oxygens (including phenoxy) is 2. The van der Waals surface area contributed by atoms with Crippen LogP contribution in [0.5, 0.6) is 0 Å². The lowest BCUT2D eigenvalue weighted by Crippen LogP contribution is -2.25. The lowest BCUT2D eigenvalue weighted by Gasteiger charge is -2.16. The maximum absolute atomic E-state index is 13.7. The summed E-state index contributed by atoms with van der Waals surface area (Å²) in [5.74, 6) is -0.445. The maximum Gasteiger partial charge on any atom is 0.186 e. The molecule has 0 aromatic heterocycles. The molecule has 0 saturated carbocycles. The normalized spacial score (nSPS) is 18.4. The molecule has 5 N–H and O–H groups in total. The number of hydrogen-bond donors (Lipinski definition) is 3. The van der Waals surface area contributed by atoms with Gasteiger partial charge in [0.1, 0.15) is 16.5 Å². The highest BCUT2D eigenvalue weighted by molar-refractivity contribution is 9.18. The molecule has 1 unspecified atom stereocenters. The van der Waals surface area contributed by atoms with E-state index in [1.807, 2.05) is 6.92 Å². The number of benzene rings is 1. The van der Waals surface area contributed by atoms with E-state index in [2.05, 4.69) is 25.9 Å². The van der Waals surface area contributed by atoms with Gasteiger partial charge >= 0.3 is 0 Å². The molecule has 1 heterocycles. The molecule has 0 bridgehead atoms. The van der Waals surface area contributed by atoms with Crippen molar-refractivity contribution in [2.24, 2.45) is 21.5 Å². The first-order valence-electron chi connectivity index (χ1n) is 8.31. The summed E-state index contributed by atoms with van der Waals surface area (Å²) in [5.41, 5.74) is 12.5. The van der Waals surface area contributed by atoms with Crippen LogP contribution in [0.4, 0.5) is 10.1 Å². The van der Waals surface area contributed by atoms with Gasteiger partial charge in [-0.05, 0) is 53.3 Å². The van der Waals surface area contributed by atoms with Crippen molar-refractivity contribution < 1.29 is 19.0 Å². The third-order valence-electron chi connectivity index (χ3n) is 3.67. The summed E-state index contributed by atoms with van der Waals surface area (Å²) in [7, 11) is 0. The van der Waals surface area contributed by atoms with Gasteiger partial charge in [-0.15, -0.1) is 0 Å². The van der Waals surface area contributed by atoms with Gasteiger partial charge in [-0.3, -0.25) is 4.99 Å². The van der Waals surface area contributed by atoms with Crippen molar-refractivity contribution in [3.63, 3.8) is 0 Å². The number of aliphatic imine (C=N–C) groups is 2. The van der Waals surface area contributed by atoms with Gasteiger partial charge in [0, 0.05) is 23.9 Å². The fraction of sp³-hybridized carbons (Fsp3) is 0.333. The predicted molar refractivity (Wildman–Crippen MR) is 107 cm³/mol. The second kappa shape index (κ2) is 10.3. The topological polar surface area (TPSA) is 115 Å². The third kappa shape index (κ3) is 5.46. The lowest BCUT2D eigenvalue weighted by atomic mass is 10.1. The minimum atomic E-state index is -1.21. The molecule has 9 heteroatoms. The number of aliphatic hydroxyl groups is 1. The maximum atomic E-state index is 13.7.